The molecule has 1 aromatic heterocycles. The van der Waals surface area contributed by atoms with Crippen molar-refractivity contribution in [3.8, 4) is 5.75 Å². The number of aromatic hydroxyl groups is 1. The molecule has 2 amide bonds. The van der Waals surface area contributed by atoms with Gasteiger partial charge in [0, 0.05) is 31.0 Å². The lowest BCUT2D eigenvalue weighted by atomic mass is 9.73. The molecular weight excluding hydrogens is 390 g/mol. The van der Waals surface area contributed by atoms with Crippen LogP contribution in [0.2, 0.25) is 0 Å². The number of phenolic OH excluding ortho intramolecular Hbond substituents is 1. The molecule has 2 aliphatic heterocycles. The topological polar surface area (TPSA) is 82.5 Å². The van der Waals surface area contributed by atoms with Gasteiger partial charge >= 0.3 is 0 Å². The molecule has 2 aliphatic rings. The Labute approximate surface area is 180 Å². The number of pyridine rings is 1. The van der Waals surface area contributed by atoms with Gasteiger partial charge in [-0.1, -0.05) is 36.4 Å². The largest absolute Gasteiger partial charge is 0.508 e. The van der Waals surface area contributed by atoms with Gasteiger partial charge in [0.2, 0.25) is 11.8 Å². The fraction of sp³-hybridized carbons (Fsp3) is 0.240. The summed E-state index contributed by atoms with van der Waals surface area (Å²) in [5.74, 6) is 0.159. The van der Waals surface area contributed by atoms with E-state index in [9.17, 15) is 14.7 Å². The van der Waals surface area contributed by atoms with Crippen LogP contribution in [0.15, 0.2) is 73.1 Å². The maximum absolute atomic E-state index is 13.4. The number of amides is 2. The Hall–Kier alpha value is -3.67. The van der Waals surface area contributed by atoms with Crippen LogP contribution in [0.4, 0.5) is 5.69 Å². The molecule has 0 aliphatic carbocycles. The van der Waals surface area contributed by atoms with E-state index >= 15 is 0 Å². The summed E-state index contributed by atoms with van der Waals surface area (Å²) in [4.78, 5) is 32.8. The highest BCUT2D eigenvalue weighted by molar-refractivity contribution is 6.07. The molecule has 3 heterocycles. The predicted molar refractivity (Wildman–Crippen MR) is 116 cm³/mol. The lowest BCUT2D eigenvalue weighted by Gasteiger charge is -2.34. The van der Waals surface area contributed by atoms with Gasteiger partial charge < -0.3 is 15.3 Å². The van der Waals surface area contributed by atoms with Gasteiger partial charge in [-0.15, -0.1) is 0 Å². The first-order chi connectivity index (χ1) is 15.1. The molecule has 1 spiro atoms. The van der Waals surface area contributed by atoms with Crippen LogP contribution in [0, 0.1) is 0 Å². The highest BCUT2D eigenvalue weighted by atomic mass is 16.3. The quantitative estimate of drug-likeness (QED) is 0.685. The summed E-state index contributed by atoms with van der Waals surface area (Å²) in [5.41, 5.74) is 2.81. The number of nitrogens with zero attached hydrogens (tertiary/aromatic N) is 2. The zero-order valence-corrected chi connectivity index (χ0v) is 17.0. The minimum Gasteiger partial charge on any atom is -0.508 e. The number of fused-ring (bicyclic) bond motifs is 2. The molecule has 2 unspecified atom stereocenters. The summed E-state index contributed by atoms with van der Waals surface area (Å²) in [6, 6.07) is 18.0. The molecule has 2 N–H and O–H groups in total. The average molecular weight is 413 g/mol. The molecule has 6 nitrogen and oxygen atoms in total. The van der Waals surface area contributed by atoms with E-state index in [1.165, 1.54) is 0 Å². The summed E-state index contributed by atoms with van der Waals surface area (Å²) in [6.45, 7) is 0.510. The van der Waals surface area contributed by atoms with Gasteiger partial charge in [0.15, 0.2) is 0 Å². The summed E-state index contributed by atoms with van der Waals surface area (Å²) in [6.07, 6.45) is 4.93. The molecule has 2 aromatic carbocycles. The van der Waals surface area contributed by atoms with E-state index in [0.717, 1.165) is 22.4 Å². The number of aromatic nitrogens is 1. The Kier molecular flexibility index (Phi) is 4.70. The predicted octanol–water partition coefficient (Wildman–Crippen LogP) is 3.58. The molecule has 156 valence electrons. The lowest BCUT2D eigenvalue weighted by Crippen LogP contribution is -2.42. The Bertz CT molecular complexity index is 1130. The van der Waals surface area contributed by atoms with Gasteiger partial charge in [-0.2, -0.15) is 0 Å². The van der Waals surface area contributed by atoms with Crippen LogP contribution in [0.25, 0.3) is 0 Å². The summed E-state index contributed by atoms with van der Waals surface area (Å²) >= 11 is 0. The second-order valence-electron chi connectivity index (χ2n) is 8.16. The first-order valence-corrected chi connectivity index (χ1v) is 10.5. The first kappa shape index (κ1) is 19.3. The second kappa shape index (κ2) is 7.54. The van der Waals surface area contributed by atoms with E-state index in [0.29, 0.717) is 25.8 Å². The van der Waals surface area contributed by atoms with Crippen molar-refractivity contribution < 1.29 is 14.7 Å². The van der Waals surface area contributed by atoms with Crippen LogP contribution in [-0.2, 0) is 21.4 Å². The van der Waals surface area contributed by atoms with E-state index in [1.807, 2.05) is 53.4 Å². The van der Waals surface area contributed by atoms with Crippen LogP contribution in [0.5, 0.6) is 5.75 Å². The van der Waals surface area contributed by atoms with Crippen molar-refractivity contribution in [1.82, 2.24) is 9.88 Å². The van der Waals surface area contributed by atoms with Crippen LogP contribution >= 0.6 is 0 Å². The van der Waals surface area contributed by atoms with E-state index in [4.69, 9.17) is 0 Å². The molecular formula is C25H23N3O3. The summed E-state index contributed by atoms with van der Waals surface area (Å²) in [7, 11) is 0. The van der Waals surface area contributed by atoms with Crippen molar-refractivity contribution in [2.75, 3.05) is 11.9 Å². The normalized spacial score (nSPS) is 21.9. The van der Waals surface area contributed by atoms with Gasteiger partial charge in [0.05, 0.1) is 6.04 Å². The van der Waals surface area contributed by atoms with E-state index < -0.39 is 11.5 Å². The Balaban J connectivity index is 1.49. The van der Waals surface area contributed by atoms with Crippen LogP contribution in [0.3, 0.4) is 0 Å². The van der Waals surface area contributed by atoms with E-state index in [2.05, 4.69) is 10.3 Å². The van der Waals surface area contributed by atoms with Crippen LogP contribution in [-0.4, -0.2) is 33.3 Å². The fourth-order valence-corrected chi connectivity index (χ4v) is 5.01. The number of hydrogen-bond acceptors (Lipinski definition) is 4. The molecule has 2 atom stereocenters. The molecule has 0 saturated carbocycles. The Morgan fingerprint density at radius 2 is 1.94 bits per heavy atom. The van der Waals surface area contributed by atoms with Gasteiger partial charge in [-0.25, -0.2) is 0 Å². The molecule has 0 radical (unpaired) electrons. The van der Waals surface area contributed by atoms with E-state index in [-0.39, 0.29) is 17.6 Å². The van der Waals surface area contributed by atoms with Crippen molar-refractivity contribution in [3.05, 3.63) is 89.7 Å². The molecule has 6 heteroatoms. The summed E-state index contributed by atoms with van der Waals surface area (Å²) < 4.78 is 0. The second-order valence-corrected chi connectivity index (χ2v) is 8.16. The molecule has 0 bridgehead atoms. The number of hydrogen-bond donors (Lipinski definition) is 2. The van der Waals surface area contributed by atoms with Gasteiger partial charge in [0.1, 0.15) is 11.2 Å². The number of benzene rings is 2. The van der Waals surface area contributed by atoms with Crippen LogP contribution in [0.1, 0.15) is 35.6 Å². The highest BCUT2D eigenvalue weighted by Crippen LogP contribution is 2.54. The number of anilines is 1. The average Bonchev–Trinajstić information content (AvgIpc) is 3.33. The standard InChI is InChI=1S/C25H23N3O3/c29-19-10-7-17(8-11-19)9-12-22(30)28-15-13-25(23(28)18-4-3-14-26-16-18)20-5-1-2-6-21(20)27-24(25)31/h1-8,10-11,14,16,23,29H,9,12-13,15H2,(H,27,31). The number of phenols is 1. The van der Waals surface area contributed by atoms with Gasteiger partial charge in [-0.05, 0) is 53.8 Å². The monoisotopic (exact) mass is 413 g/mol. The molecule has 5 rings (SSSR count). The molecule has 3 aromatic rings. The van der Waals surface area contributed by atoms with Crippen molar-refractivity contribution in [3.63, 3.8) is 0 Å². The Morgan fingerprint density at radius 1 is 1.13 bits per heavy atom. The molecule has 1 fully saturated rings. The number of rotatable bonds is 4. The number of carbonyl (C=O) groups is 2. The maximum Gasteiger partial charge on any atom is 0.237 e. The van der Waals surface area contributed by atoms with Gasteiger partial charge in [0.25, 0.3) is 0 Å². The van der Waals surface area contributed by atoms with E-state index in [1.54, 1.807) is 24.5 Å². The van der Waals surface area contributed by atoms with Crippen molar-refractivity contribution >= 4 is 17.5 Å². The number of para-hydroxylation sites is 1. The van der Waals surface area contributed by atoms with Crippen LogP contribution < -0.4 is 5.32 Å². The highest BCUT2D eigenvalue weighted by Gasteiger charge is 2.59. The molecule has 1 saturated heterocycles. The third kappa shape index (κ3) is 3.15. The third-order valence-electron chi connectivity index (χ3n) is 6.47. The lowest BCUT2D eigenvalue weighted by molar-refractivity contribution is -0.133. The smallest absolute Gasteiger partial charge is 0.237 e. The minimum atomic E-state index is -0.812. The minimum absolute atomic E-state index is 0.0102. The number of aryl methyl sites for hydroxylation is 1. The first-order valence-electron chi connectivity index (χ1n) is 10.5. The third-order valence-corrected chi connectivity index (χ3v) is 6.47. The fourth-order valence-electron chi connectivity index (χ4n) is 5.01. The van der Waals surface area contributed by atoms with Crippen molar-refractivity contribution in [2.45, 2.75) is 30.7 Å². The maximum atomic E-state index is 13.4. The zero-order chi connectivity index (χ0) is 21.4. The zero-order valence-electron chi connectivity index (χ0n) is 17.0. The van der Waals surface area contributed by atoms with Crippen molar-refractivity contribution in [2.24, 2.45) is 0 Å². The summed E-state index contributed by atoms with van der Waals surface area (Å²) in [5, 5.41) is 12.5. The number of likely N-dealkylation sites (tertiary alicyclic amines) is 1. The van der Waals surface area contributed by atoms with Crippen molar-refractivity contribution in [1.29, 1.82) is 0 Å². The number of carbonyl (C=O) groups excluding carboxylic acids is 2. The number of nitrogens with one attached hydrogen (secondary N) is 1. The van der Waals surface area contributed by atoms with Gasteiger partial charge in [-0.3, -0.25) is 14.6 Å². The SMILES string of the molecule is O=C(CCc1ccc(O)cc1)N1CCC2(C(=O)Nc3ccccc32)C1c1cccnc1. The Morgan fingerprint density at radius 3 is 2.71 bits per heavy atom. The molecule has 31 heavy (non-hydrogen) atoms.